The first-order valence-corrected chi connectivity index (χ1v) is 9.00. The van der Waals surface area contributed by atoms with Crippen molar-refractivity contribution in [2.24, 2.45) is 5.92 Å². The summed E-state index contributed by atoms with van der Waals surface area (Å²) in [6, 6.07) is 14.6. The molecule has 4 heteroatoms. The Morgan fingerprint density at radius 2 is 1.80 bits per heavy atom. The second-order valence-corrected chi connectivity index (χ2v) is 6.74. The average molecular weight is 340 g/mol. The smallest absolute Gasteiger partial charge is 0.228 e. The zero-order chi connectivity index (χ0) is 17.6. The highest BCUT2D eigenvalue weighted by Crippen LogP contribution is 2.21. The molecule has 0 aromatic heterocycles. The molecule has 3 rings (SSSR count). The number of likely N-dealkylation sites (tertiary alicyclic amines) is 1. The Hall–Kier alpha value is -2.20. The molecule has 0 unspecified atom stereocenters. The molecule has 1 fully saturated rings. The molecule has 25 heavy (non-hydrogen) atoms. The van der Waals surface area contributed by atoms with Gasteiger partial charge in [0.25, 0.3) is 0 Å². The van der Waals surface area contributed by atoms with Crippen LogP contribution in [0, 0.1) is 11.7 Å². The van der Waals surface area contributed by atoms with E-state index >= 15 is 0 Å². The van der Waals surface area contributed by atoms with Crippen molar-refractivity contribution in [1.82, 2.24) is 4.90 Å². The number of anilines is 1. The molecule has 1 heterocycles. The molecule has 0 bridgehead atoms. The molecule has 0 aliphatic carbocycles. The van der Waals surface area contributed by atoms with Gasteiger partial charge in [-0.2, -0.15) is 0 Å². The standard InChI is InChI=1S/C21H25FN2O/c1-2-16-7-11-20(12-8-16)23-21(25)18-4-3-13-24(15-18)14-17-5-9-19(22)10-6-17/h5-12,18H,2-4,13-15H2,1H3,(H,23,25)/t18-/m0/s1. The third-order valence-corrected chi connectivity index (χ3v) is 4.83. The van der Waals surface area contributed by atoms with Gasteiger partial charge in [0.05, 0.1) is 5.92 Å². The van der Waals surface area contributed by atoms with E-state index < -0.39 is 0 Å². The molecule has 132 valence electrons. The van der Waals surface area contributed by atoms with Crippen LogP contribution in [0.1, 0.15) is 30.9 Å². The summed E-state index contributed by atoms with van der Waals surface area (Å²) in [5.41, 5.74) is 3.21. The van der Waals surface area contributed by atoms with Crippen molar-refractivity contribution in [2.75, 3.05) is 18.4 Å². The van der Waals surface area contributed by atoms with E-state index in [1.807, 2.05) is 24.3 Å². The topological polar surface area (TPSA) is 32.3 Å². The number of rotatable bonds is 5. The molecule has 0 spiro atoms. The first-order valence-electron chi connectivity index (χ1n) is 9.00. The molecule has 1 saturated heterocycles. The van der Waals surface area contributed by atoms with Crippen LogP contribution in [0.25, 0.3) is 0 Å². The van der Waals surface area contributed by atoms with E-state index in [0.717, 1.165) is 50.1 Å². The summed E-state index contributed by atoms with van der Waals surface area (Å²) >= 11 is 0. The summed E-state index contributed by atoms with van der Waals surface area (Å²) in [5, 5.41) is 3.04. The number of nitrogens with zero attached hydrogens (tertiary/aromatic N) is 1. The van der Waals surface area contributed by atoms with Gasteiger partial charge in [0.15, 0.2) is 0 Å². The largest absolute Gasteiger partial charge is 0.326 e. The second-order valence-electron chi connectivity index (χ2n) is 6.74. The van der Waals surface area contributed by atoms with Crippen molar-refractivity contribution < 1.29 is 9.18 Å². The Balaban J connectivity index is 1.56. The van der Waals surface area contributed by atoms with Crippen molar-refractivity contribution in [1.29, 1.82) is 0 Å². The van der Waals surface area contributed by atoms with E-state index in [2.05, 4.69) is 29.3 Å². The molecule has 2 aromatic carbocycles. The van der Waals surface area contributed by atoms with E-state index in [4.69, 9.17) is 0 Å². The second kappa shape index (κ2) is 8.26. The van der Waals surface area contributed by atoms with E-state index in [1.54, 1.807) is 0 Å². The summed E-state index contributed by atoms with van der Waals surface area (Å²) in [7, 11) is 0. The molecular weight excluding hydrogens is 315 g/mol. The van der Waals surface area contributed by atoms with E-state index in [-0.39, 0.29) is 17.6 Å². The number of amides is 1. The number of nitrogens with one attached hydrogen (secondary N) is 1. The summed E-state index contributed by atoms with van der Waals surface area (Å²) in [6.07, 6.45) is 2.92. The van der Waals surface area contributed by atoms with Crippen molar-refractivity contribution in [3.8, 4) is 0 Å². The maximum Gasteiger partial charge on any atom is 0.228 e. The normalized spacial score (nSPS) is 18.1. The van der Waals surface area contributed by atoms with E-state index in [1.165, 1.54) is 17.7 Å². The van der Waals surface area contributed by atoms with Gasteiger partial charge in [-0.05, 0) is 61.2 Å². The minimum Gasteiger partial charge on any atom is -0.326 e. The van der Waals surface area contributed by atoms with Crippen molar-refractivity contribution in [3.63, 3.8) is 0 Å². The third-order valence-electron chi connectivity index (χ3n) is 4.83. The highest BCUT2D eigenvalue weighted by Gasteiger charge is 2.25. The van der Waals surface area contributed by atoms with Crippen LogP contribution in [-0.4, -0.2) is 23.9 Å². The number of piperidine rings is 1. The molecule has 0 radical (unpaired) electrons. The van der Waals surface area contributed by atoms with Gasteiger partial charge in [0.1, 0.15) is 5.82 Å². The lowest BCUT2D eigenvalue weighted by atomic mass is 9.96. The molecule has 2 aromatic rings. The Morgan fingerprint density at radius 1 is 1.12 bits per heavy atom. The quantitative estimate of drug-likeness (QED) is 0.883. The number of hydrogen-bond donors (Lipinski definition) is 1. The first kappa shape index (κ1) is 17.6. The van der Waals surface area contributed by atoms with Crippen LogP contribution in [0.2, 0.25) is 0 Å². The first-order chi connectivity index (χ1) is 12.1. The van der Waals surface area contributed by atoms with Gasteiger partial charge in [-0.25, -0.2) is 4.39 Å². The zero-order valence-electron chi connectivity index (χ0n) is 14.7. The Morgan fingerprint density at radius 3 is 2.48 bits per heavy atom. The molecule has 1 aliphatic rings. The molecule has 1 N–H and O–H groups in total. The van der Waals surface area contributed by atoms with Crippen LogP contribution in [-0.2, 0) is 17.8 Å². The SMILES string of the molecule is CCc1ccc(NC(=O)[C@H]2CCCN(Cc3ccc(F)cc3)C2)cc1. The van der Waals surface area contributed by atoms with Gasteiger partial charge in [0.2, 0.25) is 5.91 Å². The number of carbonyl (C=O) groups is 1. The zero-order valence-corrected chi connectivity index (χ0v) is 14.7. The van der Waals surface area contributed by atoms with Gasteiger partial charge in [-0.1, -0.05) is 31.2 Å². The van der Waals surface area contributed by atoms with Gasteiger partial charge < -0.3 is 5.32 Å². The van der Waals surface area contributed by atoms with Crippen LogP contribution < -0.4 is 5.32 Å². The highest BCUT2D eigenvalue weighted by molar-refractivity contribution is 5.92. The summed E-state index contributed by atoms with van der Waals surface area (Å²) in [5.74, 6) is -0.123. The average Bonchev–Trinajstić information content (AvgIpc) is 2.64. The summed E-state index contributed by atoms with van der Waals surface area (Å²) in [6.45, 7) is 4.60. The van der Waals surface area contributed by atoms with Crippen LogP contribution in [0.3, 0.4) is 0 Å². The predicted octanol–water partition coefficient (Wildman–Crippen LogP) is 4.24. The lowest BCUT2D eigenvalue weighted by Gasteiger charge is -2.32. The molecule has 1 atom stereocenters. The Bertz CT molecular complexity index is 697. The number of carbonyl (C=O) groups excluding carboxylic acids is 1. The number of halogens is 1. The molecule has 1 aliphatic heterocycles. The van der Waals surface area contributed by atoms with Crippen molar-refractivity contribution in [3.05, 3.63) is 65.5 Å². The van der Waals surface area contributed by atoms with Crippen LogP contribution in [0.4, 0.5) is 10.1 Å². The molecule has 0 saturated carbocycles. The number of benzene rings is 2. The third kappa shape index (κ3) is 4.89. The number of aryl methyl sites for hydroxylation is 1. The van der Waals surface area contributed by atoms with Crippen LogP contribution >= 0.6 is 0 Å². The van der Waals surface area contributed by atoms with E-state index in [9.17, 15) is 9.18 Å². The molecular formula is C21H25FN2O. The predicted molar refractivity (Wildman–Crippen MR) is 98.9 cm³/mol. The minimum atomic E-state index is -0.214. The van der Waals surface area contributed by atoms with E-state index in [0.29, 0.717) is 0 Å². The van der Waals surface area contributed by atoms with Crippen LogP contribution in [0.5, 0.6) is 0 Å². The van der Waals surface area contributed by atoms with Crippen molar-refractivity contribution in [2.45, 2.75) is 32.7 Å². The van der Waals surface area contributed by atoms with Crippen LogP contribution in [0.15, 0.2) is 48.5 Å². The lowest BCUT2D eigenvalue weighted by molar-refractivity contribution is -0.121. The highest BCUT2D eigenvalue weighted by atomic mass is 19.1. The van der Waals surface area contributed by atoms with Gasteiger partial charge in [-0.15, -0.1) is 0 Å². The van der Waals surface area contributed by atoms with Gasteiger partial charge in [-0.3, -0.25) is 9.69 Å². The molecule has 3 nitrogen and oxygen atoms in total. The lowest BCUT2D eigenvalue weighted by Crippen LogP contribution is -2.40. The fourth-order valence-electron chi connectivity index (χ4n) is 3.33. The fourth-order valence-corrected chi connectivity index (χ4v) is 3.33. The summed E-state index contributed by atoms with van der Waals surface area (Å²) < 4.78 is 13.0. The number of hydrogen-bond acceptors (Lipinski definition) is 2. The molecule has 1 amide bonds. The van der Waals surface area contributed by atoms with Crippen molar-refractivity contribution >= 4 is 11.6 Å². The monoisotopic (exact) mass is 340 g/mol. The van der Waals surface area contributed by atoms with Gasteiger partial charge >= 0.3 is 0 Å². The maximum absolute atomic E-state index is 13.0. The minimum absolute atomic E-state index is 0.0000463. The Labute approximate surface area is 148 Å². The Kier molecular flexibility index (Phi) is 5.82. The summed E-state index contributed by atoms with van der Waals surface area (Å²) in [4.78, 5) is 14.9. The fraction of sp³-hybridized carbons (Fsp3) is 0.381. The maximum atomic E-state index is 13.0. The van der Waals surface area contributed by atoms with Gasteiger partial charge in [0, 0.05) is 18.8 Å².